The van der Waals surface area contributed by atoms with Crippen LogP contribution in [0.2, 0.25) is 0 Å². The molecule has 0 unspecified atom stereocenters. The second-order valence-electron chi connectivity index (χ2n) is 6.18. The van der Waals surface area contributed by atoms with E-state index in [9.17, 15) is 4.79 Å². The number of hydrogen-bond acceptors (Lipinski definition) is 3. The first kappa shape index (κ1) is 19.8. The summed E-state index contributed by atoms with van der Waals surface area (Å²) in [7, 11) is 1.35. The minimum Gasteiger partial charge on any atom is -0.466 e. The minimum absolute atomic E-state index is 0.286. The normalized spacial score (nSPS) is 11.4. The highest BCUT2D eigenvalue weighted by Crippen LogP contribution is 2.29. The maximum atomic E-state index is 12.2. The number of hydrogen-bond donors (Lipinski definition) is 0. The quantitative estimate of drug-likeness (QED) is 0.281. The van der Waals surface area contributed by atoms with Gasteiger partial charge in [-0.2, -0.15) is 0 Å². The second-order valence-corrected chi connectivity index (χ2v) is 7.10. The summed E-state index contributed by atoms with van der Waals surface area (Å²) in [6.45, 7) is 3.97. The molecule has 1 atom stereocenters. The zero-order valence-corrected chi connectivity index (χ0v) is 17.1. The Morgan fingerprint density at radius 2 is 1.39 bits per heavy atom. The van der Waals surface area contributed by atoms with Gasteiger partial charge in [0.15, 0.2) is 0 Å². The van der Waals surface area contributed by atoms with Crippen LogP contribution < -0.4 is 0 Å². The molecule has 0 fully saturated rings. The molecule has 0 spiro atoms. The third-order valence-corrected chi connectivity index (χ3v) is 4.84. The Labute approximate surface area is 173 Å². The highest BCUT2D eigenvalue weighted by molar-refractivity contribution is 9.10. The summed E-state index contributed by atoms with van der Waals surface area (Å²) >= 11 is 3.45. The fourth-order valence-electron chi connectivity index (χ4n) is 2.88. The van der Waals surface area contributed by atoms with Gasteiger partial charge in [0.2, 0.25) is 0 Å². The lowest BCUT2D eigenvalue weighted by molar-refractivity contribution is -0.136. The van der Waals surface area contributed by atoms with Crippen LogP contribution in [0.5, 0.6) is 0 Å². The minimum atomic E-state index is -0.559. The molecule has 3 aromatic carbocycles. The molecule has 0 aromatic heterocycles. The maximum Gasteiger partial charge on any atom is 0.335 e. The standard InChI is InChI=1S/C24H20BrNO2/c1-17(24(27)28-2)22(20-13-15-21(25)16-14-20)26-23(18-9-5-3-6-10-18)19-11-7-4-8-12-19/h3-16,22H,1H2,2H3/t22-/m0/s1. The van der Waals surface area contributed by atoms with Crippen molar-refractivity contribution in [3.8, 4) is 0 Å². The molecule has 4 heteroatoms. The summed E-state index contributed by atoms with van der Waals surface area (Å²) in [5, 5.41) is 0. The number of carbonyl (C=O) groups excluding carboxylic acids is 1. The van der Waals surface area contributed by atoms with Gasteiger partial charge in [0, 0.05) is 15.6 Å². The average Bonchev–Trinajstić information content (AvgIpc) is 2.75. The molecule has 0 heterocycles. The topological polar surface area (TPSA) is 38.7 Å². The Hall–Kier alpha value is -2.98. The van der Waals surface area contributed by atoms with Crippen LogP contribution in [0.3, 0.4) is 0 Å². The highest BCUT2D eigenvalue weighted by atomic mass is 79.9. The zero-order chi connectivity index (χ0) is 19.9. The fraction of sp³-hybridized carbons (Fsp3) is 0.0833. The van der Waals surface area contributed by atoms with Gasteiger partial charge in [-0.15, -0.1) is 0 Å². The van der Waals surface area contributed by atoms with Crippen LogP contribution in [0.1, 0.15) is 22.7 Å². The van der Waals surface area contributed by atoms with Gasteiger partial charge in [-0.1, -0.05) is 95.3 Å². The first-order valence-corrected chi connectivity index (χ1v) is 9.60. The van der Waals surface area contributed by atoms with E-state index >= 15 is 0 Å². The first-order chi connectivity index (χ1) is 13.6. The number of ether oxygens (including phenoxy) is 1. The Morgan fingerprint density at radius 3 is 1.86 bits per heavy atom. The lowest BCUT2D eigenvalue weighted by Crippen LogP contribution is -2.14. The molecule has 3 rings (SSSR count). The molecule has 0 amide bonds. The van der Waals surface area contributed by atoms with E-state index in [0.717, 1.165) is 26.9 Å². The molecule has 0 aliphatic heterocycles. The van der Waals surface area contributed by atoms with E-state index in [0.29, 0.717) is 0 Å². The lowest BCUT2D eigenvalue weighted by atomic mass is 9.97. The van der Waals surface area contributed by atoms with Crippen LogP contribution in [0, 0.1) is 0 Å². The molecule has 140 valence electrons. The van der Waals surface area contributed by atoms with E-state index in [1.807, 2.05) is 84.9 Å². The molecule has 0 aliphatic carbocycles. The Balaban J connectivity index is 2.17. The van der Waals surface area contributed by atoms with Crippen molar-refractivity contribution in [2.24, 2.45) is 4.99 Å². The van der Waals surface area contributed by atoms with Crippen LogP contribution >= 0.6 is 15.9 Å². The fourth-order valence-corrected chi connectivity index (χ4v) is 3.14. The number of carbonyl (C=O) groups is 1. The highest BCUT2D eigenvalue weighted by Gasteiger charge is 2.22. The monoisotopic (exact) mass is 433 g/mol. The smallest absolute Gasteiger partial charge is 0.335 e. The van der Waals surface area contributed by atoms with Gasteiger partial charge < -0.3 is 4.74 Å². The van der Waals surface area contributed by atoms with Crippen molar-refractivity contribution in [2.45, 2.75) is 6.04 Å². The number of nitrogens with zero attached hydrogens (tertiary/aromatic N) is 1. The molecule has 0 bridgehead atoms. The molecule has 0 aliphatic rings. The third kappa shape index (κ3) is 4.65. The number of esters is 1. The number of halogens is 1. The van der Waals surface area contributed by atoms with Gasteiger partial charge in [-0.05, 0) is 17.7 Å². The average molecular weight is 434 g/mol. The van der Waals surface area contributed by atoms with E-state index in [-0.39, 0.29) is 5.57 Å². The van der Waals surface area contributed by atoms with Gasteiger partial charge in [0.25, 0.3) is 0 Å². The number of aliphatic imine (C=N–C) groups is 1. The SMILES string of the molecule is C=C(C(=O)OC)[C@H](N=C(c1ccccc1)c1ccccc1)c1ccc(Br)cc1. The van der Waals surface area contributed by atoms with Gasteiger partial charge in [0.05, 0.1) is 18.4 Å². The Kier molecular flexibility index (Phi) is 6.56. The zero-order valence-electron chi connectivity index (χ0n) is 15.5. The molecule has 3 aromatic rings. The molecular formula is C24H20BrNO2. The van der Waals surface area contributed by atoms with Crippen molar-refractivity contribution in [1.29, 1.82) is 0 Å². The van der Waals surface area contributed by atoms with Crippen LogP contribution in [-0.2, 0) is 9.53 Å². The predicted octanol–water partition coefficient (Wildman–Crippen LogP) is 5.76. The number of methoxy groups -OCH3 is 1. The lowest BCUT2D eigenvalue weighted by Gasteiger charge is -2.18. The van der Waals surface area contributed by atoms with E-state index < -0.39 is 12.0 Å². The van der Waals surface area contributed by atoms with E-state index in [4.69, 9.17) is 9.73 Å². The molecule has 0 saturated heterocycles. The van der Waals surface area contributed by atoms with Crippen molar-refractivity contribution in [1.82, 2.24) is 0 Å². The van der Waals surface area contributed by atoms with Crippen LogP contribution in [-0.4, -0.2) is 18.8 Å². The van der Waals surface area contributed by atoms with Crippen molar-refractivity contribution in [3.63, 3.8) is 0 Å². The van der Waals surface area contributed by atoms with Gasteiger partial charge in [-0.3, -0.25) is 4.99 Å². The number of benzene rings is 3. The second kappa shape index (κ2) is 9.29. The third-order valence-electron chi connectivity index (χ3n) is 4.32. The van der Waals surface area contributed by atoms with Gasteiger partial charge in [0.1, 0.15) is 6.04 Å². The summed E-state index contributed by atoms with van der Waals surface area (Å²) in [5.74, 6) is -0.475. The molecule has 28 heavy (non-hydrogen) atoms. The summed E-state index contributed by atoms with van der Waals surface area (Å²) in [4.78, 5) is 17.2. The van der Waals surface area contributed by atoms with Crippen molar-refractivity contribution < 1.29 is 9.53 Å². The molecule has 0 N–H and O–H groups in total. The van der Waals surface area contributed by atoms with Crippen molar-refractivity contribution in [3.05, 3.63) is 118 Å². The van der Waals surface area contributed by atoms with Gasteiger partial charge in [-0.25, -0.2) is 4.79 Å². The van der Waals surface area contributed by atoms with E-state index in [1.54, 1.807) is 0 Å². The molecule has 0 saturated carbocycles. The Morgan fingerprint density at radius 1 is 0.893 bits per heavy atom. The Bertz CT molecular complexity index is 939. The van der Waals surface area contributed by atoms with Crippen molar-refractivity contribution in [2.75, 3.05) is 7.11 Å². The summed E-state index contributed by atoms with van der Waals surface area (Å²) in [5.41, 5.74) is 3.87. The van der Waals surface area contributed by atoms with E-state index in [1.165, 1.54) is 7.11 Å². The predicted molar refractivity (Wildman–Crippen MR) is 117 cm³/mol. The van der Waals surface area contributed by atoms with Crippen LogP contribution in [0.15, 0.2) is 107 Å². The van der Waals surface area contributed by atoms with Crippen LogP contribution in [0.25, 0.3) is 0 Å². The van der Waals surface area contributed by atoms with Crippen LogP contribution in [0.4, 0.5) is 0 Å². The van der Waals surface area contributed by atoms with E-state index in [2.05, 4.69) is 22.5 Å². The van der Waals surface area contributed by atoms with Gasteiger partial charge >= 0.3 is 5.97 Å². The molecule has 3 nitrogen and oxygen atoms in total. The number of rotatable bonds is 6. The summed E-state index contributed by atoms with van der Waals surface area (Å²) in [6.07, 6.45) is 0. The van der Waals surface area contributed by atoms with Crippen molar-refractivity contribution >= 4 is 27.6 Å². The first-order valence-electron chi connectivity index (χ1n) is 8.81. The maximum absolute atomic E-state index is 12.2. The largest absolute Gasteiger partial charge is 0.466 e. The molecule has 0 radical (unpaired) electrons. The summed E-state index contributed by atoms with van der Waals surface area (Å²) < 4.78 is 5.87. The summed E-state index contributed by atoms with van der Waals surface area (Å²) in [6, 6.07) is 27.0. The molecular weight excluding hydrogens is 414 g/mol.